The van der Waals surface area contributed by atoms with Gasteiger partial charge in [0.25, 0.3) is 0 Å². The summed E-state index contributed by atoms with van der Waals surface area (Å²) >= 11 is 0. The lowest BCUT2D eigenvalue weighted by Crippen LogP contribution is -2.45. The van der Waals surface area contributed by atoms with Gasteiger partial charge in [0.1, 0.15) is 23.3 Å². The fourth-order valence-corrected chi connectivity index (χ4v) is 3.80. The Hall–Kier alpha value is -2.90. The van der Waals surface area contributed by atoms with Crippen molar-refractivity contribution in [3.63, 3.8) is 0 Å². The second-order valence-electron chi connectivity index (χ2n) is 7.78. The zero-order chi connectivity index (χ0) is 20.7. The Morgan fingerprint density at radius 3 is 2.79 bits per heavy atom. The largest absolute Gasteiger partial charge is 0.494 e. The van der Waals surface area contributed by atoms with Crippen LogP contribution in [0.1, 0.15) is 31.3 Å². The Morgan fingerprint density at radius 1 is 1.31 bits per heavy atom. The van der Waals surface area contributed by atoms with Gasteiger partial charge in [0.2, 0.25) is 5.91 Å². The van der Waals surface area contributed by atoms with Gasteiger partial charge in [-0.05, 0) is 44.7 Å². The van der Waals surface area contributed by atoms with Gasteiger partial charge in [-0.15, -0.1) is 0 Å². The van der Waals surface area contributed by atoms with Gasteiger partial charge in [-0.25, -0.2) is 14.4 Å². The van der Waals surface area contributed by atoms with Crippen molar-refractivity contribution >= 4 is 17.4 Å². The number of nitrogens with one attached hydrogen (secondary N) is 1. The van der Waals surface area contributed by atoms with Crippen LogP contribution < -0.4 is 19.7 Å². The van der Waals surface area contributed by atoms with Crippen LogP contribution in [0.3, 0.4) is 0 Å². The summed E-state index contributed by atoms with van der Waals surface area (Å²) in [7, 11) is 3.31. The maximum atomic E-state index is 13.5. The highest BCUT2D eigenvalue weighted by atomic mass is 19.1. The van der Waals surface area contributed by atoms with E-state index in [9.17, 15) is 9.18 Å². The van der Waals surface area contributed by atoms with Gasteiger partial charge >= 0.3 is 0 Å². The normalized spacial score (nSPS) is 23.1. The number of ether oxygens (including phenoxy) is 2. The minimum absolute atomic E-state index is 0.0455. The number of fused-ring (bicyclic) bond motifs is 1. The molecule has 0 spiro atoms. The van der Waals surface area contributed by atoms with Crippen molar-refractivity contribution in [3.8, 4) is 11.5 Å². The maximum absolute atomic E-state index is 13.5. The first-order chi connectivity index (χ1) is 13.9. The molecule has 2 aromatic rings. The molecule has 1 fully saturated rings. The summed E-state index contributed by atoms with van der Waals surface area (Å²) in [6.07, 6.45) is 2.64. The van der Waals surface area contributed by atoms with Crippen molar-refractivity contribution in [2.75, 3.05) is 24.4 Å². The van der Waals surface area contributed by atoms with Crippen LogP contribution >= 0.6 is 0 Å². The van der Waals surface area contributed by atoms with Crippen molar-refractivity contribution in [3.05, 3.63) is 35.5 Å². The summed E-state index contributed by atoms with van der Waals surface area (Å²) in [4.78, 5) is 23.2. The van der Waals surface area contributed by atoms with E-state index in [0.29, 0.717) is 17.4 Å². The lowest BCUT2D eigenvalue weighted by molar-refractivity contribution is -0.117. The van der Waals surface area contributed by atoms with E-state index in [-0.39, 0.29) is 23.8 Å². The van der Waals surface area contributed by atoms with E-state index in [2.05, 4.69) is 10.3 Å². The van der Waals surface area contributed by atoms with Gasteiger partial charge in [-0.3, -0.25) is 4.79 Å². The summed E-state index contributed by atoms with van der Waals surface area (Å²) in [5.41, 5.74) is 1.47. The van der Waals surface area contributed by atoms with Crippen LogP contribution in [0.5, 0.6) is 11.5 Å². The Kier molecular flexibility index (Phi) is 5.02. The van der Waals surface area contributed by atoms with Crippen molar-refractivity contribution in [2.45, 2.75) is 45.3 Å². The first kappa shape index (κ1) is 19.4. The molecule has 4 rings (SSSR count). The monoisotopic (exact) mass is 400 g/mol. The predicted octanol–water partition coefficient (Wildman–Crippen LogP) is 3.11. The highest BCUT2D eigenvalue weighted by Gasteiger charge is 2.34. The first-order valence-corrected chi connectivity index (χ1v) is 9.77. The molecule has 2 aliphatic rings. The predicted molar refractivity (Wildman–Crippen MR) is 107 cm³/mol. The van der Waals surface area contributed by atoms with Crippen LogP contribution in [-0.4, -0.2) is 42.2 Å². The van der Waals surface area contributed by atoms with Crippen LogP contribution in [0.15, 0.2) is 18.2 Å². The molecule has 1 atom stereocenters. The molecule has 1 aliphatic carbocycles. The zero-order valence-electron chi connectivity index (χ0n) is 17.0. The number of benzene rings is 1. The molecule has 1 N–H and O–H groups in total. The van der Waals surface area contributed by atoms with E-state index >= 15 is 0 Å². The number of hydrogen-bond donors (Lipinski definition) is 1. The highest BCUT2D eigenvalue weighted by molar-refractivity contribution is 6.02. The SMILES string of the molecule is COc1cc(OC2CC(Cc3nc(C)c4c(n3)N(C)[C@@H](C)C(=O)N4)C2)ccc1F. The van der Waals surface area contributed by atoms with Crippen LogP contribution in [-0.2, 0) is 11.2 Å². The molecule has 8 heteroatoms. The molecular formula is C21H25FN4O3. The maximum Gasteiger partial charge on any atom is 0.246 e. The minimum Gasteiger partial charge on any atom is -0.494 e. The van der Waals surface area contributed by atoms with E-state index in [0.717, 1.165) is 36.6 Å². The highest BCUT2D eigenvalue weighted by Crippen LogP contribution is 2.36. The summed E-state index contributed by atoms with van der Waals surface area (Å²) in [6.45, 7) is 3.75. The average molecular weight is 400 g/mol. The number of anilines is 2. The fourth-order valence-electron chi connectivity index (χ4n) is 3.80. The number of rotatable bonds is 5. The summed E-state index contributed by atoms with van der Waals surface area (Å²) in [5, 5.41) is 2.90. The van der Waals surface area contributed by atoms with Crippen molar-refractivity contribution in [1.82, 2.24) is 9.97 Å². The van der Waals surface area contributed by atoms with E-state index in [4.69, 9.17) is 14.5 Å². The van der Waals surface area contributed by atoms with Gasteiger partial charge in [0.05, 0.1) is 18.9 Å². The molecule has 1 aliphatic heterocycles. The Bertz CT molecular complexity index is 946. The molecule has 0 unspecified atom stereocenters. The minimum atomic E-state index is -0.401. The molecule has 2 heterocycles. The van der Waals surface area contributed by atoms with Gasteiger partial charge in [0.15, 0.2) is 17.4 Å². The van der Waals surface area contributed by atoms with Crippen molar-refractivity contribution in [1.29, 1.82) is 0 Å². The molecule has 7 nitrogen and oxygen atoms in total. The molecule has 29 heavy (non-hydrogen) atoms. The molecule has 1 saturated carbocycles. The third-order valence-electron chi connectivity index (χ3n) is 5.75. The number of halogens is 1. The summed E-state index contributed by atoms with van der Waals surface area (Å²) in [5.74, 6) is 2.33. The lowest BCUT2D eigenvalue weighted by atomic mass is 9.80. The molecule has 1 aromatic carbocycles. The van der Waals surface area contributed by atoms with Gasteiger partial charge in [-0.1, -0.05) is 0 Å². The average Bonchev–Trinajstić information content (AvgIpc) is 2.67. The molecular weight excluding hydrogens is 375 g/mol. The Labute approximate surface area is 169 Å². The fraction of sp³-hybridized carbons (Fsp3) is 0.476. The number of carbonyl (C=O) groups excluding carboxylic acids is 1. The number of aromatic nitrogens is 2. The Morgan fingerprint density at radius 2 is 2.07 bits per heavy atom. The third-order valence-corrected chi connectivity index (χ3v) is 5.75. The third kappa shape index (κ3) is 3.71. The molecule has 0 bridgehead atoms. The lowest BCUT2D eigenvalue weighted by Gasteiger charge is -2.36. The summed E-state index contributed by atoms with van der Waals surface area (Å²) in [6, 6.07) is 4.28. The van der Waals surface area contributed by atoms with Gasteiger partial charge < -0.3 is 19.7 Å². The van der Waals surface area contributed by atoms with Crippen LogP contribution in [0, 0.1) is 18.7 Å². The number of amides is 1. The number of likely N-dealkylation sites (N-methyl/N-ethyl adjacent to an activating group) is 1. The van der Waals surface area contributed by atoms with E-state index in [1.165, 1.54) is 13.2 Å². The second kappa shape index (κ2) is 7.50. The second-order valence-corrected chi connectivity index (χ2v) is 7.78. The quantitative estimate of drug-likeness (QED) is 0.831. The van der Waals surface area contributed by atoms with Crippen molar-refractivity contribution < 1.29 is 18.7 Å². The summed E-state index contributed by atoms with van der Waals surface area (Å²) < 4.78 is 24.4. The topological polar surface area (TPSA) is 76.6 Å². The molecule has 0 radical (unpaired) electrons. The van der Waals surface area contributed by atoms with E-state index in [1.54, 1.807) is 12.1 Å². The molecule has 1 amide bonds. The standard InChI is InChI=1S/C21H25FN4O3/c1-11-19-20(26(3)12(2)21(27)25-19)24-18(23-11)9-13-7-15(8-13)29-14-5-6-16(22)17(10-14)28-4/h5-6,10,12-13,15H,7-9H2,1-4H3,(H,25,27)/t12-,13?,15?/m0/s1. The van der Waals surface area contributed by atoms with Gasteiger partial charge in [0, 0.05) is 19.5 Å². The van der Waals surface area contributed by atoms with Crippen LogP contribution in [0.2, 0.25) is 0 Å². The van der Waals surface area contributed by atoms with Crippen molar-refractivity contribution in [2.24, 2.45) is 5.92 Å². The van der Waals surface area contributed by atoms with Crippen LogP contribution in [0.25, 0.3) is 0 Å². The molecule has 154 valence electrons. The number of hydrogen-bond acceptors (Lipinski definition) is 6. The number of aryl methyl sites for hydroxylation is 1. The molecule has 0 saturated heterocycles. The smallest absolute Gasteiger partial charge is 0.246 e. The van der Waals surface area contributed by atoms with Gasteiger partial charge in [-0.2, -0.15) is 0 Å². The Balaban J connectivity index is 1.38. The van der Waals surface area contributed by atoms with E-state index in [1.807, 2.05) is 25.8 Å². The van der Waals surface area contributed by atoms with Crippen LogP contribution in [0.4, 0.5) is 15.9 Å². The zero-order valence-corrected chi connectivity index (χ0v) is 17.0. The molecule has 1 aromatic heterocycles. The number of methoxy groups -OCH3 is 1. The van der Waals surface area contributed by atoms with E-state index < -0.39 is 5.82 Å². The first-order valence-electron chi connectivity index (χ1n) is 9.77. The number of carbonyl (C=O) groups is 1. The number of nitrogens with zero attached hydrogens (tertiary/aromatic N) is 3.